The number of carbonyl (C=O) groups excluding carboxylic acids is 2. The van der Waals surface area contributed by atoms with Crippen molar-refractivity contribution in [2.24, 2.45) is 0 Å². The lowest BCUT2D eigenvalue weighted by Gasteiger charge is -2.36. The Morgan fingerprint density at radius 1 is 1.38 bits per heavy atom. The molecule has 0 unspecified atom stereocenters. The zero-order chi connectivity index (χ0) is 16.9. The molecule has 2 aromatic heterocycles. The minimum atomic E-state index is -0.380. The number of nitrogens with zero attached hydrogens (tertiary/aromatic N) is 3. The number of rotatable bonds is 4. The van der Waals surface area contributed by atoms with Gasteiger partial charge < -0.3 is 9.80 Å². The van der Waals surface area contributed by atoms with Gasteiger partial charge in [0.05, 0.1) is 5.56 Å². The van der Waals surface area contributed by atoms with Gasteiger partial charge in [-0.15, -0.1) is 0 Å². The van der Waals surface area contributed by atoms with E-state index in [2.05, 4.69) is 4.98 Å². The summed E-state index contributed by atoms with van der Waals surface area (Å²) in [5, 5.41) is 4.05. The predicted octanol–water partition coefficient (Wildman–Crippen LogP) is 2.80. The SMILES string of the molecule is CN(Cc1ccsc1)C(=O)[C@@H]1CCCCN1C(=O)c1cccnc1. The monoisotopic (exact) mass is 343 g/mol. The average molecular weight is 343 g/mol. The molecule has 3 rings (SSSR count). The van der Waals surface area contributed by atoms with Gasteiger partial charge in [0.15, 0.2) is 0 Å². The molecule has 3 heterocycles. The Morgan fingerprint density at radius 3 is 2.96 bits per heavy atom. The molecule has 24 heavy (non-hydrogen) atoms. The van der Waals surface area contributed by atoms with Gasteiger partial charge in [-0.1, -0.05) is 0 Å². The maximum Gasteiger partial charge on any atom is 0.256 e. The number of amides is 2. The summed E-state index contributed by atoms with van der Waals surface area (Å²) in [6, 6.07) is 5.14. The van der Waals surface area contributed by atoms with Crippen LogP contribution in [0.3, 0.4) is 0 Å². The van der Waals surface area contributed by atoms with E-state index in [1.165, 1.54) is 0 Å². The van der Waals surface area contributed by atoms with Crippen molar-refractivity contribution in [3.05, 3.63) is 52.5 Å². The quantitative estimate of drug-likeness (QED) is 0.858. The van der Waals surface area contributed by atoms with Crippen molar-refractivity contribution in [1.82, 2.24) is 14.8 Å². The second kappa shape index (κ2) is 7.57. The number of thiophene rings is 1. The van der Waals surface area contributed by atoms with Gasteiger partial charge in [0.2, 0.25) is 5.91 Å². The van der Waals surface area contributed by atoms with E-state index >= 15 is 0 Å². The fraction of sp³-hybridized carbons (Fsp3) is 0.389. The van der Waals surface area contributed by atoms with Crippen molar-refractivity contribution in [2.45, 2.75) is 31.8 Å². The highest BCUT2D eigenvalue weighted by molar-refractivity contribution is 7.07. The molecule has 0 bridgehead atoms. The Labute approximate surface area is 145 Å². The molecule has 2 aromatic rings. The van der Waals surface area contributed by atoms with Crippen LogP contribution < -0.4 is 0 Å². The van der Waals surface area contributed by atoms with E-state index in [1.54, 1.807) is 52.7 Å². The summed E-state index contributed by atoms with van der Waals surface area (Å²) in [7, 11) is 1.81. The summed E-state index contributed by atoms with van der Waals surface area (Å²) in [6.45, 7) is 1.20. The first-order valence-corrected chi connectivity index (χ1v) is 9.08. The van der Waals surface area contributed by atoms with E-state index in [-0.39, 0.29) is 17.9 Å². The van der Waals surface area contributed by atoms with Gasteiger partial charge in [0, 0.05) is 32.5 Å². The number of hydrogen-bond donors (Lipinski definition) is 0. The molecule has 0 aliphatic carbocycles. The second-order valence-corrected chi connectivity index (χ2v) is 6.86. The fourth-order valence-electron chi connectivity index (χ4n) is 3.08. The van der Waals surface area contributed by atoms with E-state index in [0.717, 1.165) is 24.8 Å². The second-order valence-electron chi connectivity index (χ2n) is 6.08. The van der Waals surface area contributed by atoms with E-state index < -0.39 is 0 Å². The molecule has 126 valence electrons. The van der Waals surface area contributed by atoms with Crippen molar-refractivity contribution >= 4 is 23.2 Å². The summed E-state index contributed by atoms with van der Waals surface area (Å²) in [4.78, 5) is 33.1. The predicted molar refractivity (Wildman–Crippen MR) is 93.7 cm³/mol. The van der Waals surface area contributed by atoms with Crippen LogP contribution in [0.1, 0.15) is 35.2 Å². The normalized spacial score (nSPS) is 17.5. The number of carbonyl (C=O) groups is 2. The summed E-state index contributed by atoms with van der Waals surface area (Å²) < 4.78 is 0. The van der Waals surface area contributed by atoms with Crippen molar-refractivity contribution in [3.8, 4) is 0 Å². The van der Waals surface area contributed by atoms with Crippen LogP contribution in [-0.2, 0) is 11.3 Å². The molecule has 1 aliphatic heterocycles. The van der Waals surface area contributed by atoms with Gasteiger partial charge in [-0.25, -0.2) is 0 Å². The average Bonchev–Trinajstić information content (AvgIpc) is 3.14. The third-order valence-corrected chi connectivity index (χ3v) is 5.07. The third kappa shape index (κ3) is 3.64. The number of hydrogen-bond acceptors (Lipinski definition) is 4. The molecule has 0 N–H and O–H groups in total. The number of likely N-dealkylation sites (N-methyl/N-ethyl adjacent to an activating group) is 1. The molecule has 1 atom stereocenters. The van der Waals surface area contributed by atoms with Crippen LogP contribution in [0.25, 0.3) is 0 Å². The lowest BCUT2D eigenvalue weighted by molar-refractivity contribution is -0.136. The molecule has 0 aromatic carbocycles. The van der Waals surface area contributed by atoms with E-state index in [9.17, 15) is 9.59 Å². The first-order chi connectivity index (χ1) is 11.7. The Balaban J connectivity index is 1.74. The van der Waals surface area contributed by atoms with Gasteiger partial charge in [0.25, 0.3) is 5.91 Å². The van der Waals surface area contributed by atoms with Crippen molar-refractivity contribution in [1.29, 1.82) is 0 Å². The first-order valence-electron chi connectivity index (χ1n) is 8.14. The smallest absolute Gasteiger partial charge is 0.256 e. The highest BCUT2D eigenvalue weighted by atomic mass is 32.1. The van der Waals surface area contributed by atoms with Crippen molar-refractivity contribution in [2.75, 3.05) is 13.6 Å². The number of likely N-dealkylation sites (tertiary alicyclic amines) is 1. The molecular weight excluding hydrogens is 322 g/mol. The zero-order valence-corrected chi connectivity index (χ0v) is 14.5. The number of piperidine rings is 1. The third-order valence-electron chi connectivity index (χ3n) is 4.33. The molecule has 0 spiro atoms. The standard InChI is InChI=1S/C18H21N3O2S/c1-20(12-14-7-10-24-13-14)18(23)16-6-2-3-9-21(16)17(22)15-5-4-8-19-11-15/h4-5,7-8,10-11,13,16H,2-3,6,9,12H2,1H3/t16-/m0/s1. The van der Waals surface area contributed by atoms with Crippen LogP contribution >= 0.6 is 11.3 Å². The summed E-state index contributed by atoms with van der Waals surface area (Å²) >= 11 is 1.62. The lowest BCUT2D eigenvalue weighted by Crippen LogP contribution is -2.52. The zero-order valence-electron chi connectivity index (χ0n) is 13.7. The van der Waals surface area contributed by atoms with Crippen LogP contribution in [0.4, 0.5) is 0 Å². The lowest BCUT2D eigenvalue weighted by atomic mass is 9.99. The Hall–Kier alpha value is -2.21. The molecule has 6 heteroatoms. The van der Waals surface area contributed by atoms with Gasteiger partial charge in [-0.05, 0) is 53.8 Å². The van der Waals surface area contributed by atoms with Crippen LogP contribution in [0.5, 0.6) is 0 Å². The maximum absolute atomic E-state index is 12.9. The Bertz CT molecular complexity index is 688. The number of pyridine rings is 1. The van der Waals surface area contributed by atoms with Crippen molar-refractivity contribution < 1.29 is 9.59 Å². The van der Waals surface area contributed by atoms with E-state index in [1.807, 2.05) is 16.8 Å². The highest BCUT2D eigenvalue weighted by Crippen LogP contribution is 2.22. The molecular formula is C18H21N3O2S. The van der Waals surface area contributed by atoms with E-state index in [0.29, 0.717) is 18.7 Å². The van der Waals surface area contributed by atoms with Crippen LogP contribution in [0.2, 0.25) is 0 Å². The van der Waals surface area contributed by atoms with Crippen LogP contribution in [-0.4, -0.2) is 46.2 Å². The minimum Gasteiger partial charge on any atom is -0.340 e. The molecule has 0 saturated carbocycles. The van der Waals surface area contributed by atoms with Crippen LogP contribution in [0.15, 0.2) is 41.4 Å². The first kappa shape index (κ1) is 16.6. The summed E-state index contributed by atoms with van der Waals surface area (Å²) in [5.74, 6) is -0.0942. The van der Waals surface area contributed by atoms with Gasteiger partial charge in [0.1, 0.15) is 6.04 Å². The number of aromatic nitrogens is 1. The maximum atomic E-state index is 12.9. The Morgan fingerprint density at radius 2 is 2.25 bits per heavy atom. The molecule has 0 radical (unpaired) electrons. The molecule has 1 aliphatic rings. The largest absolute Gasteiger partial charge is 0.340 e. The Kier molecular flexibility index (Phi) is 5.25. The molecule has 1 fully saturated rings. The van der Waals surface area contributed by atoms with Gasteiger partial charge in [-0.2, -0.15) is 11.3 Å². The summed E-state index contributed by atoms with van der Waals surface area (Å²) in [5.41, 5.74) is 1.66. The van der Waals surface area contributed by atoms with E-state index in [4.69, 9.17) is 0 Å². The molecule has 5 nitrogen and oxygen atoms in total. The minimum absolute atomic E-state index is 0.0122. The molecule has 2 amide bonds. The topological polar surface area (TPSA) is 53.5 Å². The van der Waals surface area contributed by atoms with Gasteiger partial charge in [-0.3, -0.25) is 14.6 Å². The highest BCUT2D eigenvalue weighted by Gasteiger charge is 2.34. The van der Waals surface area contributed by atoms with Crippen molar-refractivity contribution in [3.63, 3.8) is 0 Å². The van der Waals surface area contributed by atoms with Gasteiger partial charge >= 0.3 is 0 Å². The van der Waals surface area contributed by atoms with Crippen LogP contribution in [0, 0.1) is 0 Å². The summed E-state index contributed by atoms with van der Waals surface area (Å²) in [6.07, 6.45) is 5.83. The molecule has 1 saturated heterocycles. The fourth-order valence-corrected chi connectivity index (χ4v) is 3.74.